The predicted octanol–water partition coefficient (Wildman–Crippen LogP) is 4.19. The molecule has 3 amide bonds. The van der Waals surface area contributed by atoms with Gasteiger partial charge in [0.2, 0.25) is 0 Å². The number of hydrogen-bond acceptors (Lipinski definition) is 2. The summed E-state index contributed by atoms with van der Waals surface area (Å²) in [6.07, 6.45) is 0.593. The fourth-order valence-corrected chi connectivity index (χ4v) is 7.61. The number of likely N-dealkylation sites (N-methyl/N-ethyl adjacent to an activating group) is 1. The van der Waals surface area contributed by atoms with Crippen molar-refractivity contribution in [3.8, 4) is 0 Å². The quantitative estimate of drug-likeness (QED) is 0.579. The normalized spacial score (nSPS) is 22.1. The van der Waals surface area contributed by atoms with E-state index in [4.69, 9.17) is 0 Å². The van der Waals surface area contributed by atoms with E-state index in [0.717, 1.165) is 23.7 Å². The van der Waals surface area contributed by atoms with Gasteiger partial charge in [0.1, 0.15) is 5.54 Å². The van der Waals surface area contributed by atoms with E-state index in [-0.39, 0.29) is 11.9 Å². The van der Waals surface area contributed by atoms with Crippen LogP contribution in [0.5, 0.6) is 0 Å². The molecule has 0 saturated carbocycles. The lowest BCUT2D eigenvalue weighted by Gasteiger charge is -2.36. The van der Waals surface area contributed by atoms with Crippen LogP contribution in [0.1, 0.15) is 39.7 Å². The molecule has 23 heavy (non-hydrogen) atoms. The Morgan fingerprint density at radius 2 is 1.48 bits per heavy atom. The van der Waals surface area contributed by atoms with Crippen LogP contribution in [-0.2, 0) is 10.3 Å². The van der Waals surface area contributed by atoms with Crippen molar-refractivity contribution in [2.24, 2.45) is 0 Å². The molecule has 2 rings (SSSR count). The SMILES string of the molecule is CCC1(c2ccccc2)C(=O)N([Si](CC)(CC)CC)C(=O)N1C. The van der Waals surface area contributed by atoms with Gasteiger partial charge in [-0.05, 0) is 30.1 Å². The third kappa shape index (κ3) is 2.33. The highest BCUT2D eigenvalue weighted by atomic mass is 28.3. The van der Waals surface area contributed by atoms with Gasteiger partial charge in [0.25, 0.3) is 5.91 Å². The minimum atomic E-state index is -2.10. The van der Waals surface area contributed by atoms with Gasteiger partial charge in [0.15, 0.2) is 8.24 Å². The van der Waals surface area contributed by atoms with Crippen molar-refractivity contribution in [3.63, 3.8) is 0 Å². The van der Waals surface area contributed by atoms with Gasteiger partial charge in [-0.25, -0.2) is 4.79 Å². The number of imide groups is 1. The maximum atomic E-state index is 13.5. The molecular formula is C18H28N2O2Si. The number of carbonyl (C=O) groups excluding carboxylic acids is 2. The van der Waals surface area contributed by atoms with E-state index in [1.165, 1.54) is 0 Å². The van der Waals surface area contributed by atoms with Crippen LogP contribution in [0.2, 0.25) is 18.1 Å². The second-order valence-electron chi connectivity index (χ2n) is 6.35. The van der Waals surface area contributed by atoms with Gasteiger partial charge in [-0.2, -0.15) is 0 Å². The summed E-state index contributed by atoms with van der Waals surface area (Å²) in [4.78, 5) is 28.2. The number of urea groups is 1. The highest BCUT2D eigenvalue weighted by molar-refractivity contribution is 6.81. The van der Waals surface area contributed by atoms with Gasteiger partial charge < -0.3 is 4.90 Å². The van der Waals surface area contributed by atoms with Crippen molar-refractivity contribution in [1.82, 2.24) is 9.47 Å². The predicted molar refractivity (Wildman–Crippen MR) is 95.6 cm³/mol. The highest BCUT2D eigenvalue weighted by Gasteiger charge is 2.60. The van der Waals surface area contributed by atoms with Gasteiger partial charge >= 0.3 is 6.03 Å². The number of hydrogen-bond donors (Lipinski definition) is 0. The molecule has 1 aromatic carbocycles. The van der Waals surface area contributed by atoms with Crippen molar-refractivity contribution in [2.45, 2.75) is 57.8 Å². The average molecular weight is 333 g/mol. The summed E-state index contributed by atoms with van der Waals surface area (Å²) in [6, 6.07) is 12.4. The van der Waals surface area contributed by atoms with Crippen molar-refractivity contribution in [3.05, 3.63) is 35.9 Å². The first-order chi connectivity index (χ1) is 10.9. The van der Waals surface area contributed by atoms with E-state index in [0.29, 0.717) is 6.42 Å². The molecule has 1 atom stereocenters. The second-order valence-corrected chi connectivity index (χ2v) is 11.4. The molecule has 1 saturated heterocycles. The summed E-state index contributed by atoms with van der Waals surface area (Å²) in [5.74, 6) is -0.0177. The Labute approximate surface area is 140 Å². The van der Waals surface area contributed by atoms with Crippen LogP contribution in [-0.4, -0.2) is 36.7 Å². The minimum Gasteiger partial charge on any atom is -0.309 e. The topological polar surface area (TPSA) is 40.6 Å². The molecule has 0 aliphatic carbocycles. The molecule has 1 unspecified atom stereocenters. The van der Waals surface area contributed by atoms with Crippen molar-refractivity contribution >= 4 is 20.2 Å². The molecule has 0 aromatic heterocycles. The molecule has 126 valence electrons. The first kappa shape index (κ1) is 17.7. The molecule has 1 aliphatic heterocycles. The maximum Gasteiger partial charge on any atom is 0.319 e. The summed E-state index contributed by atoms with van der Waals surface area (Å²) in [6.45, 7) is 8.35. The van der Waals surface area contributed by atoms with E-state index >= 15 is 0 Å². The van der Waals surface area contributed by atoms with Crippen LogP contribution in [0.3, 0.4) is 0 Å². The Bertz CT molecular complexity index is 578. The number of amides is 3. The largest absolute Gasteiger partial charge is 0.319 e. The van der Waals surface area contributed by atoms with Crippen LogP contribution < -0.4 is 0 Å². The van der Waals surface area contributed by atoms with Crippen molar-refractivity contribution in [2.75, 3.05) is 7.05 Å². The third-order valence-electron chi connectivity index (χ3n) is 5.82. The average Bonchev–Trinajstić information content (AvgIpc) is 2.79. The highest BCUT2D eigenvalue weighted by Crippen LogP contribution is 2.43. The van der Waals surface area contributed by atoms with Crippen LogP contribution in [0, 0.1) is 0 Å². The first-order valence-corrected chi connectivity index (χ1v) is 11.2. The summed E-state index contributed by atoms with van der Waals surface area (Å²) in [7, 11) is -0.323. The fourth-order valence-electron chi connectivity index (χ4n) is 3.99. The number of carbonyl (C=O) groups is 2. The Hall–Kier alpha value is -1.62. The number of nitrogens with zero attached hydrogens (tertiary/aromatic N) is 2. The van der Waals surface area contributed by atoms with Crippen molar-refractivity contribution in [1.29, 1.82) is 0 Å². The first-order valence-electron chi connectivity index (χ1n) is 8.63. The Morgan fingerprint density at radius 3 is 1.91 bits per heavy atom. The van der Waals surface area contributed by atoms with E-state index in [9.17, 15) is 9.59 Å². The van der Waals surface area contributed by atoms with Gasteiger partial charge in [0.05, 0.1) is 0 Å². The number of benzene rings is 1. The fraction of sp³-hybridized carbons (Fsp3) is 0.556. The van der Waals surface area contributed by atoms with E-state index in [1.54, 1.807) is 16.5 Å². The molecule has 1 fully saturated rings. The minimum absolute atomic E-state index is 0.0177. The lowest BCUT2D eigenvalue weighted by atomic mass is 9.86. The van der Waals surface area contributed by atoms with Crippen LogP contribution in [0.25, 0.3) is 0 Å². The third-order valence-corrected chi connectivity index (χ3v) is 11.1. The molecule has 0 radical (unpaired) electrons. The lowest BCUT2D eigenvalue weighted by molar-refractivity contribution is -0.131. The number of rotatable bonds is 6. The second kappa shape index (κ2) is 6.47. The summed E-state index contributed by atoms with van der Waals surface area (Å²) >= 11 is 0. The monoisotopic (exact) mass is 332 g/mol. The standard InChI is InChI=1S/C18H28N2O2Si/c1-6-18(15-13-11-10-12-14-15)16(21)20(17(22)19(18)5)23(7-2,8-3)9-4/h10-14H,6-9H2,1-5H3. The van der Waals surface area contributed by atoms with Gasteiger partial charge in [-0.3, -0.25) is 9.36 Å². The Balaban J connectivity index is 2.61. The van der Waals surface area contributed by atoms with Crippen LogP contribution in [0.15, 0.2) is 30.3 Å². The Morgan fingerprint density at radius 1 is 0.957 bits per heavy atom. The molecule has 0 bridgehead atoms. The summed E-state index contributed by atoms with van der Waals surface area (Å²) < 4.78 is 1.68. The maximum absolute atomic E-state index is 13.5. The molecular weight excluding hydrogens is 304 g/mol. The summed E-state index contributed by atoms with van der Waals surface area (Å²) in [5.41, 5.74) is 0.0629. The molecule has 1 heterocycles. The summed E-state index contributed by atoms with van der Waals surface area (Å²) in [5, 5.41) is 0. The van der Waals surface area contributed by atoms with E-state index in [1.807, 2.05) is 37.3 Å². The van der Waals surface area contributed by atoms with Gasteiger partial charge in [-0.1, -0.05) is 58.0 Å². The van der Waals surface area contributed by atoms with E-state index < -0.39 is 13.8 Å². The van der Waals surface area contributed by atoms with Crippen LogP contribution >= 0.6 is 0 Å². The lowest BCUT2D eigenvalue weighted by Crippen LogP contribution is -2.56. The molecule has 1 aromatic rings. The van der Waals surface area contributed by atoms with Gasteiger partial charge in [-0.15, -0.1) is 0 Å². The Kier molecular flexibility index (Phi) is 4.99. The zero-order chi connectivity index (χ0) is 17.3. The zero-order valence-corrected chi connectivity index (χ0v) is 15.9. The molecule has 5 heteroatoms. The zero-order valence-electron chi connectivity index (χ0n) is 14.9. The smallest absolute Gasteiger partial charge is 0.309 e. The molecule has 4 nitrogen and oxygen atoms in total. The van der Waals surface area contributed by atoms with Gasteiger partial charge in [0, 0.05) is 7.05 Å². The molecule has 1 aliphatic rings. The van der Waals surface area contributed by atoms with Crippen LogP contribution in [0.4, 0.5) is 4.79 Å². The molecule has 0 N–H and O–H groups in total. The van der Waals surface area contributed by atoms with Crippen molar-refractivity contribution < 1.29 is 9.59 Å². The molecule has 0 spiro atoms. The van der Waals surface area contributed by atoms with E-state index in [2.05, 4.69) is 20.8 Å².